The molecule has 3 aromatic carbocycles. The largest absolute Gasteiger partial charge is 0.491 e. The molecule has 0 aliphatic carbocycles. The molecule has 0 aliphatic rings. The van der Waals surface area contributed by atoms with Crippen LogP contribution in [-0.4, -0.2) is 43.9 Å². The molecule has 0 spiro atoms. The molecule has 3 rings (SSSR count). The van der Waals surface area contributed by atoms with Gasteiger partial charge in [-0.2, -0.15) is 0 Å². The first-order chi connectivity index (χ1) is 16.5. The first-order valence-electron chi connectivity index (χ1n) is 10.5. The third-order valence-electron chi connectivity index (χ3n) is 4.42. The van der Waals surface area contributed by atoms with Crippen molar-refractivity contribution in [3.05, 3.63) is 84.4 Å². The van der Waals surface area contributed by atoms with E-state index in [0.29, 0.717) is 41.7 Å². The number of para-hydroxylation sites is 1. The van der Waals surface area contributed by atoms with Gasteiger partial charge in [0.05, 0.1) is 6.61 Å². The van der Waals surface area contributed by atoms with Gasteiger partial charge in [-0.25, -0.2) is 0 Å². The topological polar surface area (TPSA) is 97.9 Å². The Morgan fingerprint density at radius 3 is 2.18 bits per heavy atom. The molecule has 0 unspecified atom stereocenters. The Morgan fingerprint density at radius 2 is 1.47 bits per heavy atom. The van der Waals surface area contributed by atoms with Gasteiger partial charge in [-0.15, -0.1) is 0 Å². The van der Waals surface area contributed by atoms with E-state index in [4.69, 9.17) is 26.4 Å². The Hall–Kier alpha value is -3.95. The van der Waals surface area contributed by atoms with Crippen LogP contribution in [0, 0.1) is 0 Å². The van der Waals surface area contributed by atoms with E-state index in [0.717, 1.165) is 0 Å². The molecule has 9 heteroatoms. The molecule has 8 nitrogen and oxygen atoms in total. The quantitative estimate of drug-likeness (QED) is 0.300. The van der Waals surface area contributed by atoms with E-state index < -0.39 is 0 Å². The molecule has 0 saturated carbocycles. The Kier molecular flexibility index (Phi) is 9.39. The van der Waals surface area contributed by atoms with Crippen LogP contribution in [0.5, 0.6) is 11.5 Å². The lowest BCUT2D eigenvalue weighted by Crippen LogP contribution is -2.34. The van der Waals surface area contributed by atoms with Crippen LogP contribution in [-0.2, 0) is 9.53 Å². The van der Waals surface area contributed by atoms with Gasteiger partial charge >= 0.3 is 0 Å². The van der Waals surface area contributed by atoms with E-state index in [1.165, 1.54) is 0 Å². The molecule has 0 atom stereocenters. The van der Waals surface area contributed by atoms with Crippen molar-refractivity contribution in [1.82, 2.24) is 5.32 Å². The molecular formula is C25H25N3O5S. The summed E-state index contributed by atoms with van der Waals surface area (Å²) in [7, 11) is 1.60. The zero-order chi connectivity index (χ0) is 24.2. The summed E-state index contributed by atoms with van der Waals surface area (Å²) >= 11 is 5.25. The molecule has 34 heavy (non-hydrogen) atoms. The van der Waals surface area contributed by atoms with Gasteiger partial charge in [-0.05, 0) is 66.8 Å². The molecule has 3 N–H and O–H groups in total. The van der Waals surface area contributed by atoms with Gasteiger partial charge in [0.1, 0.15) is 18.1 Å². The number of hydrogen-bond donors (Lipinski definition) is 3. The predicted molar refractivity (Wildman–Crippen MR) is 135 cm³/mol. The molecule has 0 aliphatic heterocycles. The summed E-state index contributed by atoms with van der Waals surface area (Å²) in [6, 6.07) is 22.7. The van der Waals surface area contributed by atoms with Gasteiger partial charge in [0.25, 0.3) is 11.8 Å². The van der Waals surface area contributed by atoms with Crippen molar-refractivity contribution in [3.8, 4) is 11.5 Å². The van der Waals surface area contributed by atoms with Gasteiger partial charge in [-0.1, -0.05) is 24.3 Å². The number of anilines is 2. The molecule has 0 saturated heterocycles. The minimum Gasteiger partial charge on any atom is -0.491 e. The highest BCUT2D eigenvalue weighted by molar-refractivity contribution is 7.80. The van der Waals surface area contributed by atoms with Crippen LogP contribution < -0.4 is 25.4 Å². The summed E-state index contributed by atoms with van der Waals surface area (Å²) < 4.78 is 15.9. The summed E-state index contributed by atoms with van der Waals surface area (Å²) in [5.74, 6) is 0.597. The molecular weight excluding hydrogens is 454 g/mol. The number of rotatable bonds is 10. The summed E-state index contributed by atoms with van der Waals surface area (Å²) in [4.78, 5) is 24.6. The van der Waals surface area contributed by atoms with Crippen LogP contribution in [0.15, 0.2) is 78.9 Å². The van der Waals surface area contributed by atoms with Gasteiger partial charge in [-0.3, -0.25) is 14.9 Å². The number of carbonyl (C=O) groups excluding carboxylic acids is 2. The van der Waals surface area contributed by atoms with Crippen LogP contribution in [0.1, 0.15) is 10.4 Å². The molecule has 176 valence electrons. The normalized spacial score (nSPS) is 10.1. The second kappa shape index (κ2) is 12.9. The summed E-state index contributed by atoms with van der Waals surface area (Å²) in [5.41, 5.74) is 1.60. The monoisotopic (exact) mass is 479 g/mol. The first-order valence-corrected chi connectivity index (χ1v) is 10.9. The lowest BCUT2D eigenvalue weighted by atomic mass is 10.2. The van der Waals surface area contributed by atoms with E-state index >= 15 is 0 Å². The summed E-state index contributed by atoms with van der Waals surface area (Å²) in [6.45, 7) is 0.788. The van der Waals surface area contributed by atoms with Gasteiger partial charge in [0, 0.05) is 24.0 Å². The first kappa shape index (κ1) is 24.7. The average Bonchev–Trinajstić information content (AvgIpc) is 2.84. The lowest BCUT2D eigenvalue weighted by Gasteiger charge is -2.12. The number of methoxy groups -OCH3 is 1. The molecule has 0 bridgehead atoms. The molecule has 2 amide bonds. The van der Waals surface area contributed by atoms with Gasteiger partial charge < -0.3 is 24.8 Å². The van der Waals surface area contributed by atoms with Crippen LogP contribution in [0.3, 0.4) is 0 Å². The van der Waals surface area contributed by atoms with Gasteiger partial charge in [0.2, 0.25) is 0 Å². The second-order valence-corrected chi connectivity index (χ2v) is 7.41. The number of hydrogen-bond acceptors (Lipinski definition) is 6. The molecule has 0 heterocycles. The molecule has 0 fully saturated rings. The number of nitrogens with one attached hydrogen (secondary N) is 3. The van der Waals surface area contributed by atoms with Crippen molar-refractivity contribution in [2.45, 2.75) is 0 Å². The smallest absolute Gasteiger partial charge is 0.262 e. The third kappa shape index (κ3) is 8.19. The predicted octanol–water partition coefficient (Wildman–Crippen LogP) is 3.86. The summed E-state index contributed by atoms with van der Waals surface area (Å²) in [6.07, 6.45) is 0. The van der Waals surface area contributed by atoms with Crippen molar-refractivity contribution in [3.63, 3.8) is 0 Å². The number of ether oxygens (including phenoxy) is 3. The van der Waals surface area contributed by atoms with Crippen molar-refractivity contribution < 1.29 is 23.8 Å². The fourth-order valence-corrected chi connectivity index (χ4v) is 3.03. The average molecular weight is 480 g/mol. The highest BCUT2D eigenvalue weighted by Gasteiger charge is 2.09. The number of thiocarbonyl (C=S) groups is 1. The number of benzene rings is 3. The highest BCUT2D eigenvalue weighted by atomic mass is 32.1. The molecule has 3 aromatic rings. The molecule has 0 aromatic heterocycles. The van der Waals surface area contributed by atoms with E-state index in [1.807, 2.05) is 18.2 Å². The van der Waals surface area contributed by atoms with Crippen molar-refractivity contribution in [1.29, 1.82) is 0 Å². The van der Waals surface area contributed by atoms with Crippen LogP contribution in [0.25, 0.3) is 0 Å². The Morgan fingerprint density at radius 1 is 0.794 bits per heavy atom. The zero-order valence-electron chi connectivity index (χ0n) is 18.6. The maximum atomic E-state index is 12.4. The van der Waals surface area contributed by atoms with Gasteiger partial charge in [0.15, 0.2) is 11.7 Å². The highest BCUT2D eigenvalue weighted by Crippen LogP contribution is 2.16. The van der Waals surface area contributed by atoms with Crippen LogP contribution in [0.2, 0.25) is 0 Å². The fourth-order valence-electron chi connectivity index (χ4n) is 2.82. The van der Waals surface area contributed by atoms with Crippen molar-refractivity contribution in [2.75, 3.05) is 37.6 Å². The second-order valence-electron chi connectivity index (χ2n) is 7.00. The van der Waals surface area contributed by atoms with E-state index in [-0.39, 0.29) is 23.5 Å². The van der Waals surface area contributed by atoms with Crippen molar-refractivity contribution in [2.24, 2.45) is 0 Å². The molecule has 0 radical (unpaired) electrons. The lowest BCUT2D eigenvalue weighted by molar-refractivity contribution is -0.118. The van der Waals surface area contributed by atoms with Crippen molar-refractivity contribution >= 4 is 40.5 Å². The zero-order valence-corrected chi connectivity index (χ0v) is 19.4. The summed E-state index contributed by atoms with van der Waals surface area (Å²) in [5, 5.41) is 8.45. The number of amides is 2. The fraction of sp³-hybridized carbons (Fsp3) is 0.160. The minimum absolute atomic E-state index is 0.119. The standard InChI is InChI=1S/C25H25N3O5S/c1-31-14-15-32-22-12-10-18(11-13-22)24(30)28-25(34)27-20-7-5-6-19(16-20)26-23(29)17-33-21-8-3-2-4-9-21/h2-13,16H,14-15,17H2,1H3,(H,26,29)(H2,27,28,30,34). The van der Waals surface area contributed by atoms with E-state index in [2.05, 4.69) is 16.0 Å². The SMILES string of the molecule is COCCOc1ccc(C(=O)NC(=S)Nc2cccc(NC(=O)COc3ccccc3)c2)cc1. The minimum atomic E-state index is -0.358. The Balaban J connectivity index is 1.47. The van der Waals surface area contributed by atoms with E-state index in [9.17, 15) is 9.59 Å². The maximum absolute atomic E-state index is 12.4. The Bertz CT molecular complexity index is 1110. The Labute approximate surface area is 203 Å². The maximum Gasteiger partial charge on any atom is 0.262 e. The van der Waals surface area contributed by atoms with Crippen LogP contribution in [0.4, 0.5) is 11.4 Å². The van der Waals surface area contributed by atoms with Crippen LogP contribution >= 0.6 is 12.2 Å². The third-order valence-corrected chi connectivity index (χ3v) is 4.62. The van der Waals surface area contributed by atoms with E-state index in [1.54, 1.807) is 67.8 Å². The number of carbonyl (C=O) groups is 2.